The highest BCUT2D eigenvalue weighted by Gasteiger charge is 2.12. The maximum atomic E-state index is 10.7. The van der Waals surface area contributed by atoms with Crippen molar-refractivity contribution in [3.63, 3.8) is 0 Å². The van der Waals surface area contributed by atoms with Crippen LogP contribution in [0.2, 0.25) is 0 Å². The summed E-state index contributed by atoms with van der Waals surface area (Å²) in [5.74, 6) is -0.165. The second-order valence-corrected chi connectivity index (χ2v) is 6.91. The van der Waals surface area contributed by atoms with Crippen LogP contribution in [0.4, 0.5) is 4.79 Å². The number of nitrogens with two attached hydrogens (primary N) is 1. The second-order valence-electron chi connectivity index (χ2n) is 6.91. The highest BCUT2D eigenvalue weighted by Crippen LogP contribution is 2.04. The molecule has 156 valence electrons. The summed E-state index contributed by atoms with van der Waals surface area (Å²) in [6.45, 7) is 14.2. The summed E-state index contributed by atoms with van der Waals surface area (Å²) < 4.78 is 14.8. The van der Waals surface area contributed by atoms with Crippen molar-refractivity contribution in [2.45, 2.75) is 73.0 Å². The molecule has 6 nitrogen and oxygen atoms in total. The third kappa shape index (κ3) is 23.9. The van der Waals surface area contributed by atoms with Crippen LogP contribution in [-0.4, -0.2) is 37.0 Å². The van der Waals surface area contributed by atoms with Gasteiger partial charge in [-0.05, 0) is 41.0 Å². The monoisotopic (exact) mass is 383 g/mol. The third-order valence-electron chi connectivity index (χ3n) is 2.72. The highest BCUT2D eigenvalue weighted by molar-refractivity contribution is 5.68. The van der Waals surface area contributed by atoms with Gasteiger partial charge in [-0.3, -0.25) is 4.79 Å². The number of aryl methyl sites for hydroxylation is 1. The number of amides is 1. The number of primary amides is 1. The molecule has 0 aromatic heterocycles. The lowest BCUT2D eigenvalue weighted by atomic mass is 10.2. The molecule has 0 fully saturated rings. The first kappa shape index (κ1) is 27.1. The fourth-order valence-corrected chi connectivity index (χ4v) is 1.52. The van der Waals surface area contributed by atoms with Crippen LogP contribution in [0.3, 0.4) is 0 Å². The lowest BCUT2D eigenvalue weighted by Crippen LogP contribution is -2.27. The normalized spacial score (nSPS) is 11.1. The van der Waals surface area contributed by atoms with Gasteiger partial charge in [-0.15, -0.1) is 0 Å². The first-order valence-corrected chi connectivity index (χ1v) is 9.29. The predicted octanol–water partition coefficient (Wildman–Crippen LogP) is 4.63. The van der Waals surface area contributed by atoms with Gasteiger partial charge >= 0.3 is 12.1 Å². The van der Waals surface area contributed by atoms with Crippen LogP contribution in [0.15, 0.2) is 30.3 Å². The van der Waals surface area contributed by atoms with Crippen molar-refractivity contribution in [3.8, 4) is 0 Å². The zero-order chi connectivity index (χ0) is 21.3. The quantitative estimate of drug-likeness (QED) is 0.724. The van der Waals surface area contributed by atoms with Gasteiger partial charge in [0.25, 0.3) is 0 Å². The SMILES string of the molecule is CC(C)(C)OC(N)=O.CCCOC(C)COC(=O)CC.Cc1ccccc1. The van der Waals surface area contributed by atoms with Crippen molar-refractivity contribution in [2.24, 2.45) is 5.73 Å². The Hall–Kier alpha value is -2.08. The molecule has 1 amide bonds. The average Bonchev–Trinajstić information content (AvgIpc) is 2.57. The first-order valence-electron chi connectivity index (χ1n) is 9.29. The Kier molecular flexibility index (Phi) is 16.2. The summed E-state index contributed by atoms with van der Waals surface area (Å²) in [6, 6.07) is 10.3. The Labute approximate surface area is 164 Å². The van der Waals surface area contributed by atoms with Crippen LogP contribution < -0.4 is 5.73 Å². The minimum Gasteiger partial charge on any atom is -0.463 e. The van der Waals surface area contributed by atoms with E-state index < -0.39 is 11.7 Å². The molecular formula is C21H37NO5. The van der Waals surface area contributed by atoms with Gasteiger partial charge in [0.2, 0.25) is 0 Å². The molecule has 1 aromatic carbocycles. The van der Waals surface area contributed by atoms with E-state index in [2.05, 4.69) is 23.8 Å². The van der Waals surface area contributed by atoms with Gasteiger partial charge in [-0.25, -0.2) is 4.79 Å². The van der Waals surface area contributed by atoms with Gasteiger partial charge < -0.3 is 19.9 Å². The number of hydrogen-bond acceptors (Lipinski definition) is 5. The van der Waals surface area contributed by atoms with E-state index in [4.69, 9.17) is 15.2 Å². The van der Waals surface area contributed by atoms with Crippen molar-refractivity contribution in [3.05, 3.63) is 35.9 Å². The van der Waals surface area contributed by atoms with E-state index in [1.807, 2.05) is 32.0 Å². The Morgan fingerprint density at radius 2 is 1.67 bits per heavy atom. The van der Waals surface area contributed by atoms with E-state index >= 15 is 0 Å². The van der Waals surface area contributed by atoms with Crippen molar-refractivity contribution in [1.82, 2.24) is 0 Å². The topological polar surface area (TPSA) is 87.8 Å². The van der Waals surface area contributed by atoms with Crippen LogP contribution in [-0.2, 0) is 19.0 Å². The Balaban J connectivity index is 0. The molecule has 1 unspecified atom stereocenters. The van der Waals surface area contributed by atoms with Crippen LogP contribution >= 0.6 is 0 Å². The molecule has 1 aromatic rings. The Morgan fingerprint density at radius 3 is 1.96 bits per heavy atom. The second kappa shape index (κ2) is 16.1. The molecule has 0 saturated heterocycles. The van der Waals surface area contributed by atoms with Gasteiger partial charge in [0.1, 0.15) is 12.2 Å². The smallest absolute Gasteiger partial charge is 0.405 e. The number of esters is 1. The van der Waals surface area contributed by atoms with E-state index in [0.29, 0.717) is 13.0 Å². The van der Waals surface area contributed by atoms with Crippen LogP contribution in [0.1, 0.15) is 59.9 Å². The number of hydrogen-bond donors (Lipinski definition) is 1. The molecule has 27 heavy (non-hydrogen) atoms. The molecule has 0 radical (unpaired) electrons. The maximum Gasteiger partial charge on any atom is 0.405 e. The fourth-order valence-electron chi connectivity index (χ4n) is 1.52. The largest absolute Gasteiger partial charge is 0.463 e. The molecular weight excluding hydrogens is 346 g/mol. The molecule has 0 spiro atoms. The maximum absolute atomic E-state index is 10.7. The number of rotatable bonds is 6. The summed E-state index contributed by atoms with van der Waals surface area (Å²) in [7, 11) is 0. The molecule has 2 N–H and O–H groups in total. The third-order valence-corrected chi connectivity index (χ3v) is 2.72. The van der Waals surface area contributed by atoms with E-state index in [9.17, 15) is 9.59 Å². The van der Waals surface area contributed by atoms with E-state index in [-0.39, 0.29) is 12.1 Å². The van der Waals surface area contributed by atoms with Crippen molar-refractivity contribution in [1.29, 1.82) is 0 Å². The number of ether oxygens (including phenoxy) is 3. The first-order chi connectivity index (χ1) is 12.5. The predicted molar refractivity (Wildman–Crippen MR) is 109 cm³/mol. The summed E-state index contributed by atoms with van der Waals surface area (Å²) in [5.41, 5.74) is 5.59. The zero-order valence-corrected chi connectivity index (χ0v) is 17.9. The number of benzene rings is 1. The molecule has 0 bridgehead atoms. The van der Waals surface area contributed by atoms with Gasteiger partial charge in [0, 0.05) is 13.0 Å². The molecule has 0 heterocycles. The number of carbonyl (C=O) groups is 2. The standard InChI is InChI=1S/C9H18O3.C7H8.C5H11NO2/c1-4-6-11-8(3)7-12-9(10)5-2;1-7-5-3-2-4-6-7;1-5(2,3)8-4(6)7/h8H,4-7H2,1-3H3;2-6H,1H3;1-3H3,(H2,6,7). The van der Waals surface area contributed by atoms with E-state index in [0.717, 1.165) is 13.0 Å². The van der Waals surface area contributed by atoms with Crippen LogP contribution in [0, 0.1) is 6.92 Å². The Bertz CT molecular complexity index is 497. The van der Waals surface area contributed by atoms with Crippen molar-refractivity contribution < 1.29 is 23.8 Å². The van der Waals surface area contributed by atoms with Gasteiger partial charge in [0.15, 0.2) is 0 Å². The summed E-state index contributed by atoms with van der Waals surface area (Å²) in [4.78, 5) is 20.7. The lowest BCUT2D eigenvalue weighted by Gasteiger charge is -2.16. The van der Waals surface area contributed by atoms with E-state index in [1.54, 1.807) is 27.7 Å². The molecule has 0 aliphatic heterocycles. The average molecular weight is 384 g/mol. The molecule has 6 heteroatoms. The minimum absolute atomic E-state index is 0.0143. The summed E-state index contributed by atoms with van der Waals surface area (Å²) >= 11 is 0. The van der Waals surface area contributed by atoms with Gasteiger partial charge in [-0.2, -0.15) is 0 Å². The number of carbonyl (C=O) groups excluding carboxylic acids is 2. The molecule has 0 aliphatic rings. The Morgan fingerprint density at radius 1 is 1.11 bits per heavy atom. The zero-order valence-electron chi connectivity index (χ0n) is 17.9. The fraction of sp³-hybridized carbons (Fsp3) is 0.619. The lowest BCUT2D eigenvalue weighted by molar-refractivity contribution is -0.147. The van der Waals surface area contributed by atoms with Crippen LogP contribution in [0.5, 0.6) is 0 Å². The summed E-state index contributed by atoms with van der Waals surface area (Å²) in [5, 5.41) is 0. The van der Waals surface area contributed by atoms with Gasteiger partial charge in [-0.1, -0.05) is 49.7 Å². The van der Waals surface area contributed by atoms with Gasteiger partial charge in [0.05, 0.1) is 6.10 Å². The van der Waals surface area contributed by atoms with Crippen LogP contribution in [0.25, 0.3) is 0 Å². The molecule has 1 atom stereocenters. The van der Waals surface area contributed by atoms with Crippen molar-refractivity contribution >= 4 is 12.1 Å². The molecule has 0 aliphatic carbocycles. The van der Waals surface area contributed by atoms with Crippen molar-refractivity contribution in [2.75, 3.05) is 13.2 Å². The molecule has 0 saturated carbocycles. The highest BCUT2D eigenvalue weighted by atomic mass is 16.6. The molecule has 1 rings (SSSR count). The minimum atomic E-state index is -0.725. The summed E-state index contributed by atoms with van der Waals surface area (Å²) in [6.07, 6.45) is 0.713. The van der Waals surface area contributed by atoms with E-state index in [1.165, 1.54) is 5.56 Å².